The number of halogens is 2. The average Bonchev–Trinajstić information content (AvgIpc) is 2.38. The Balaban J connectivity index is 1.78. The van der Waals surface area contributed by atoms with E-state index in [0.29, 0.717) is 5.56 Å². The highest BCUT2D eigenvalue weighted by Gasteiger charge is 2.19. The molecule has 2 rings (SSSR count). The van der Waals surface area contributed by atoms with Crippen molar-refractivity contribution in [1.29, 1.82) is 0 Å². The Labute approximate surface area is 120 Å². The van der Waals surface area contributed by atoms with E-state index in [1.807, 2.05) is 6.92 Å². The van der Waals surface area contributed by atoms with Crippen LogP contribution in [0, 0.1) is 23.5 Å². The van der Waals surface area contributed by atoms with Crippen molar-refractivity contribution in [3.63, 3.8) is 0 Å². The highest BCUT2D eigenvalue weighted by Crippen LogP contribution is 2.30. The van der Waals surface area contributed by atoms with Crippen LogP contribution < -0.4 is 5.32 Å². The molecule has 3 unspecified atom stereocenters. The lowest BCUT2D eigenvalue weighted by Crippen LogP contribution is -2.24. The van der Waals surface area contributed by atoms with Crippen LogP contribution in [0.5, 0.6) is 0 Å². The summed E-state index contributed by atoms with van der Waals surface area (Å²) in [5, 5.41) is 3.36. The van der Waals surface area contributed by atoms with Crippen molar-refractivity contribution in [2.45, 2.75) is 52.0 Å². The Hall–Kier alpha value is -0.960. The summed E-state index contributed by atoms with van der Waals surface area (Å²) in [6, 6.07) is 3.73. The topological polar surface area (TPSA) is 12.0 Å². The lowest BCUT2D eigenvalue weighted by atomic mass is 9.81. The largest absolute Gasteiger partial charge is 0.310 e. The van der Waals surface area contributed by atoms with Gasteiger partial charge in [-0.25, -0.2) is 8.78 Å². The quantitative estimate of drug-likeness (QED) is 0.815. The van der Waals surface area contributed by atoms with Crippen LogP contribution in [0.3, 0.4) is 0 Å². The number of benzene rings is 1. The maximum atomic E-state index is 13.7. The molecule has 0 aromatic heterocycles. The van der Waals surface area contributed by atoms with Crippen LogP contribution in [0.15, 0.2) is 18.2 Å². The molecule has 112 valence electrons. The minimum absolute atomic E-state index is 0.0726. The third kappa shape index (κ3) is 4.27. The molecular formula is C17H25F2N. The van der Waals surface area contributed by atoms with Gasteiger partial charge in [-0.15, -0.1) is 0 Å². The maximum Gasteiger partial charge on any atom is 0.130 e. The van der Waals surface area contributed by atoms with E-state index < -0.39 is 11.6 Å². The van der Waals surface area contributed by atoms with Crippen molar-refractivity contribution in [3.05, 3.63) is 35.4 Å². The van der Waals surface area contributed by atoms with Gasteiger partial charge in [0.25, 0.3) is 0 Å². The Morgan fingerprint density at radius 1 is 1.30 bits per heavy atom. The van der Waals surface area contributed by atoms with Crippen LogP contribution >= 0.6 is 0 Å². The van der Waals surface area contributed by atoms with Crippen LogP contribution in [0.25, 0.3) is 0 Å². The van der Waals surface area contributed by atoms with E-state index in [-0.39, 0.29) is 6.04 Å². The molecule has 1 nitrogen and oxygen atoms in total. The van der Waals surface area contributed by atoms with Gasteiger partial charge in [0.1, 0.15) is 11.6 Å². The molecule has 3 atom stereocenters. The van der Waals surface area contributed by atoms with Crippen molar-refractivity contribution in [1.82, 2.24) is 5.32 Å². The molecule has 1 N–H and O–H groups in total. The van der Waals surface area contributed by atoms with Gasteiger partial charge < -0.3 is 5.32 Å². The zero-order valence-electron chi connectivity index (χ0n) is 12.5. The number of rotatable bonds is 5. The zero-order chi connectivity index (χ0) is 14.5. The molecule has 1 aliphatic rings. The average molecular weight is 281 g/mol. The zero-order valence-corrected chi connectivity index (χ0v) is 12.5. The summed E-state index contributed by atoms with van der Waals surface area (Å²) in [5.74, 6) is 0.670. The van der Waals surface area contributed by atoms with E-state index >= 15 is 0 Å². The van der Waals surface area contributed by atoms with Crippen molar-refractivity contribution >= 4 is 0 Å². The minimum Gasteiger partial charge on any atom is -0.310 e. The molecule has 20 heavy (non-hydrogen) atoms. The lowest BCUT2D eigenvalue weighted by Gasteiger charge is -2.27. The first-order valence-electron chi connectivity index (χ1n) is 7.74. The molecular weight excluding hydrogens is 256 g/mol. The monoisotopic (exact) mass is 281 g/mol. The summed E-state index contributed by atoms with van der Waals surface area (Å²) in [4.78, 5) is 0. The predicted molar refractivity (Wildman–Crippen MR) is 78.5 cm³/mol. The Kier molecular flexibility index (Phi) is 5.53. The molecule has 1 fully saturated rings. The Morgan fingerprint density at radius 3 is 2.80 bits per heavy atom. The molecule has 0 saturated heterocycles. The van der Waals surface area contributed by atoms with Gasteiger partial charge in [-0.1, -0.05) is 32.3 Å². The van der Waals surface area contributed by atoms with E-state index in [1.165, 1.54) is 37.8 Å². The first-order chi connectivity index (χ1) is 9.56. The van der Waals surface area contributed by atoms with E-state index in [2.05, 4.69) is 12.2 Å². The molecule has 1 aliphatic carbocycles. The smallest absolute Gasteiger partial charge is 0.130 e. The van der Waals surface area contributed by atoms with Crippen LogP contribution in [0.2, 0.25) is 0 Å². The summed E-state index contributed by atoms with van der Waals surface area (Å²) in [7, 11) is 0. The van der Waals surface area contributed by atoms with Gasteiger partial charge in [0.15, 0.2) is 0 Å². The van der Waals surface area contributed by atoms with Gasteiger partial charge >= 0.3 is 0 Å². The van der Waals surface area contributed by atoms with Gasteiger partial charge in [-0.2, -0.15) is 0 Å². The summed E-state index contributed by atoms with van der Waals surface area (Å²) in [6.07, 6.45) is 6.50. The van der Waals surface area contributed by atoms with E-state index in [0.717, 1.165) is 30.9 Å². The van der Waals surface area contributed by atoms with Crippen molar-refractivity contribution in [2.24, 2.45) is 11.8 Å². The highest BCUT2D eigenvalue weighted by molar-refractivity contribution is 5.21. The Morgan fingerprint density at radius 2 is 2.10 bits per heavy atom. The number of hydrogen-bond acceptors (Lipinski definition) is 1. The fourth-order valence-electron chi connectivity index (χ4n) is 3.29. The summed E-state index contributed by atoms with van der Waals surface area (Å²) >= 11 is 0. The van der Waals surface area contributed by atoms with E-state index in [9.17, 15) is 8.78 Å². The molecule has 1 saturated carbocycles. The van der Waals surface area contributed by atoms with Gasteiger partial charge in [0.2, 0.25) is 0 Å². The molecule has 3 heteroatoms. The SMILES string of the molecule is CC1CCCC(CCNC(C)c2ccc(F)cc2F)C1. The summed E-state index contributed by atoms with van der Waals surface area (Å²) < 4.78 is 26.5. The first kappa shape index (κ1) is 15.4. The molecule has 0 bridgehead atoms. The second kappa shape index (κ2) is 7.16. The highest BCUT2D eigenvalue weighted by atomic mass is 19.1. The van der Waals surface area contributed by atoms with Gasteiger partial charge in [0.05, 0.1) is 0 Å². The van der Waals surface area contributed by atoms with Crippen LogP contribution in [0.4, 0.5) is 8.78 Å². The van der Waals surface area contributed by atoms with Crippen LogP contribution in [0.1, 0.15) is 57.6 Å². The van der Waals surface area contributed by atoms with Gasteiger partial charge in [-0.05, 0) is 44.2 Å². The fourth-order valence-corrected chi connectivity index (χ4v) is 3.29. The summed E-state index contributed by atoms with van der Waals surface area (Å²) in [5.41, 5.74) is 0.545. The molecule has 0 heterocycles. The first-order valence-corrected chi connectivity index (χ1v) is 7.74. The minimum atomic E-state index is -0.519. The van der Waals surface area contributed by atoms with E-state index in [4.69, 9.17) is 0 Å². The van der Waals surface area contributed by atoms with Crippen molar-refractivity contribution in [3.8, 4) is 0 Å². The van der Waals surface area contributed by atoms with Crippen LogP contribution in [-0.2, 0) is 0 Å². The predicted octanol–water partition coefficient (Wildman–Crippen LogP) is 4.83. The van der Waals surface area contributed by atoms with Gasteiger partial charge in [0, 0.05) is 17.7 Å². The number of hydrogen-bond donors (Lipinski definition) is 1. The second-order valence-corrected chi connectivity index (χ2v) is 6.27. The Bertz CT molecular complexity index is 433. The van der Waals surface area contributed by atoms with Gasteiger partial charge in [-0.3, -0.25) is 0 Å². The fraction of sp³-hybridized carbons (Fsp3) is 0.647. The van der Waals surface area contributed by atoms with Crippen molar-refractivity contribution < 1.29 is 8.78 Å². The second-order valence-electron chi connectivity index (χ2n) is 6.27. The third-order valence-corrected chi connectivity index (χ3v) is 4.48. The molecule has 1 aromatic carbocycles. The maximum absolute atomic E-state index is 13.7. The van der Waals surface area contributed by atoms with E-state index in [1.54, 1.807) is 0 Å². The molecule has 0 aliphatic heterocycles. The normalized spacial score (nSPS) is 24.6. The summed E-state index contributed by atoms with van der Waals surface area (Å²) in [6.45, 7) is 5.16. The third-order valence-electron chi connectivity index (χ3n) is 4.48. The van der Waals surface area contributed by atoms with Crippen LogP contribution in [-0.4, -0.2) is 6.54 Å². The molecule has 0 amide bonds. The lowest BCUT2D eigenvalue weighted by molar-refractivity contribution is 0.265. The molecule has 0 spiro atoms. The van der Waals surface area contributed by atoms with Crippen molar-refractivity contribution in [2.75, 3.05) is 6.54 Å². The molecule has 0 radical (unpaired) electrons. The molecule has 1 aromatic rings. The number of nitrogens with one attached hydrogen (secondary N) is 1. The standard InChI is InChI=1S/C17H25F2N/c1-12-4-3-5-14(10-12)8-9-20-13(2)16-7-6-15(18)11-17(16)19/h6-7,11-14,20H,3-5,8-10H2,1-2H3.